The van der Waals surface area contributed by atoms with Crippen LogP contribution in [0.2, 0.25) is 0 Å². The molecule has 1 aliphatic rings. The fraction of sp³-hybridized carbons (Fsp3) is 0.133. The number of hydrogen-bond acceptors (Lipinski definition) is 5. The van der Waals surface area contributed by atoms with Crippen LogP contribution >= 0.6 is 11.3 Å². The van der Waals surface area contributed by atoms with Crippen LogP contribution in [0.25, 0.3) is 22.8 Å². The number of nitrogens with zero attached hydrogens (tertiary/aromatic N) is 3. The Morgan fingerprint density at radius 2 is 2.10 bits per heavy atom. The van der Waals surface area contributed by atoms with Gasteiger partial charge >= 0.3 is 0 Å². The molecule has 0 N–H and O–H groups in total. The number of thiazole rings is 1. The number of aromatic nitrogens is 3. The van der Waals surface area contributed by atoms with Gasteiger partial charge in [-0.3, -0.25) is 0 Å². The Morgan fingerprint density at radius 1 is 1.20 bits per heavy atom. The molecule has 4 rings (SSSR count). The highest BCUT2D eigenvalue weighted by Crippen LogP contribution is 2.36. The minimum atomic E-state index is 0.517. The molecule has 3 aromatic rings. The monoisotopic (exact) mass is 281 g/mol. The van der Waals surface area contributed by atoms with Gasteiger partial charge in [-0.2, -0.15) is 0 Å². The summed E-state index contributed by atoms with van der Waals surface area (Å²) in [6.07, 6.45) is 1.84. The number of fused-ring (bicyclic) bond motifs is 3. The third-order valence-corrected chi connectivity index (χ3v) is 4.01. The first-order chi connectivity index (χ1) is 9.81. The first kappa shape index (κ1) is 11.5. The summed E-state index contributed by atoms with van der Waals surface area (Å²) < 4.78 is 5.71. The lowest BCUT2D eigenvalue weighted by atomic mass is 10.0. The third kappa shape index (κ3) is 1.78. The van der Waals surface area contributed by atoms with Crippen molar-refractivity contribution in [2.75, 3.05) is 0 Å². The Balaban J connectivity index is 1.89. The highest BCUT2D eigenvalue weighted by Gasteiger charge is 2.20. The maximum atomic E-state index is 5.71. The van der Waals surface area contributed by atoms with E-state index in [4.69, 9.17) is 9.72 Å². The molecule has 98 valence electrons. The fourth-order valence-corrected chi connectivity index (χ4v) is 2.87. The Bertz CT molecular complexity index is 797. The summed E-state index contributed by atoms with van der Waals surface area (Å²) in [6.45, 7) is 2.50. The summed E-state index contributed by atoms with van der Waals surface area (Å²) in [5.74, 6) is 1.55. The van der Waals surface area contributed by atoms with Crippen LogP contribution in [0.1, 0.15) is 10.6 Å². The van der Waals surface area contributed by atoms with E-state index in [1.807, 2.05) is 42.8 Å². The molecule has 0 spiro atoms. The topological polar surface area (TPSA) is 47.9 Å². The quantitative estimate of drug-likeness (QED) is 0.685. The summed E-state index contributed by atoms with van der Waals surface area (Å²) in [5.41, 5.74) is 3.81. The van der Waals surface area contributed by atoms with Crippen molar-refractivity contribution in [1.29, 1.82) is 0 Å². The van der Waals surface area contributed by atoms with Crippen LogP contribution in [0.3, 0.4) is 0 Å². The Labute approximate surface area is 120 Å². The van der Waals surface area contributed by atoms with E-state index < -0.39 is 0 Å². The standard InChI is InChI=1S/C15H11N3OS/c1-9-17-12(8-20-9)15-16-6-10-7-19-13-5-3-2-4-11(13)14(10)18-15/h2-6,8H,7H2,1H3. The molecule has 1 aromatic carbocycles. The van der Waals surface area contributed by atoms with Gasteiger partial charge in [0.2, 0.25) is 0 Å². The maximum absolute atomic E-state index is 5.71. The van der Waals surface area contributed by atoms with Gasteiger partial charge in [0, 0.05) is 22.7 Å². The van der Waals surface area contributed by atoms with Crippen LogP contribution in [-0.4, -0.2) is 15.0 Å². The van der Waals surface area contributed by atoms with Gasteiger partial charge in [0.05, 0.1) is 10.7 Å². The van der Waals surface area contributed by atoms with Gasteiger partial charge in [-0.25, -0.2) is 15.0 Å². The predicted molar refractivity (Wildman–Crippen MR) is 77.6 cm³/mol. The van der Waals surface area contributed by atoms with E-state index in [2.05, 4.69) is 9.97 Å². The minimum absolute atomic E-state index is 0.517. The van der Waals surface area contributed by atoms with Gasteiger partial charge < -0.3 is 4.74 Å². The zero-order chi connectivity index (χ0) is 13.5. The molecule has 0 amide bonds. The van der Waals surface area contributed by atoms with Crippen molar-refractivity contribution in [3.05, 3.63) is 46.4 Å². The van der Waals surface area contributed by atoms with Crippen LogP contribution in [-0.2, 0) is 6.61 Å². The van der Waals surface area contributed by atoms with E-state index in [-0.39, 0.29) is 0 Å². The van der Waals surface area contributed by atoms with Gasteiger partial charge in [0.25, 0.3) is 0 Å². The molecule has 0 saturated carbocycles. The van der Waals surface area contributed by atoms with Gasteiger partial charge in [0.15, 0.2) is 5.82 Å². The van der Waals surface area contributed by atoms with Crippen LogP contribution < -0.4 is 4.74 Å². The number of para-hydroxylation sites is 1. The molecule has 4 nitrogen and oxygen atoms in total. The SMILES string of the molecule is Cc1nc(-c2ncc3c(n2)-c2ccccc2OC3)cs1. The molecular weight excluding hydrogens is 270 g/mol. The third-order valence-electron chi connectivity index (χ3n) is 3.24. The summed E-state index contributed by atoms with van der Waals surface area (Å²) in [4.78, 5) is 13.5. The molecular formula is C15H11N3OS. The molecule has 3 heterocycles. The van der Waals surface area contributed by atoms with Crippen molar-refractivity contribution in [1.82, 2.24) is 15.0 Å². The lowest BCUT2D eigenvalue weighted by Gasteiger charge is -2.19. The first-order valence-corrected chi connectivity index (χ1v) is 7.20. The van der Waals surface area contributed by atoms with Crippen molar-refractivity contribution >= 4 is 11.3 Å². The molecule has 1 aliphatic heterocycles. The lowest BCUT2D eigenvalue weighted by molar-refractivity contribution is 0.301. The zero-order valence-electron chi connectivity index (χ0n) is 10.8. The van der Waals surface area contributed by atoms with Gasteiger partial charge in [-0.05, 0) is 19.1 Å². The van der Waals surface area contributed by atoms with Crippen LogP contribution in [0, 0.1) is 6.92 Å². The fourth-order valence-electron chi connectivity index (χ4n) is 2.28. The lowest BCUT2D eigenvalue weighted by Crippen LogP contribution is -2.08. The summed E-state index contributed by atoms with van der Waals surface area (Å²) in [5, 5.41) is 3.01. The molecule has 2 aromatic heterocycles. The van der Waals surface area contributed by atoms with Crippen molar-refractivity contribution in [2.45, 2.75) is 13.5 Å². The maximum Gasteiger partial charge on any atom is 0.179 e. The molecule has 0 fully saturated rings. The second kappa shape index (κ2) is 4.38. The van der Waals surface area contributed by atoms with Crippen LogP contribution in [0.15, 0.2) is 35.8 Å². The normalized spacial score (nSPS) is 12.4. The van der Waals surface area contributed by atoms with Crippen molar-refractivity contribution in [3.8, 4) is 28.5 Å². The number of aryl methyl sites for hydroxylation is 1. The number of benzene rings is 1. The highest BCUT2D eigenvalue weighted by molar-refractivity contribution is 7.09. The van der Waals surface area contributed by atoms with E-state index in [9.17, 15) is 0 Å². The molecule has 20 heavy (non-hydrogen) atoms. The summed E-state index contributed by atoms with van der Waals surface area (Å²) in [6, 6.07) is 7.95. The molecule has 0 bridgehead atoms. The second-order valence-corrected chi connectivity index (χ2v) is 5.67. The van der Waals surface area contributed by atoms with Crippen molar-refractivity contribution in [2.24, 2.45) is 0 Å². The predicted octanol–water partition coefficient (Wildman–Crippen LogP) is 3.47. The zero-order valence-corrected chi connectivity index (χ0v) is 11.6. The molecule has 0 aliphatic carbocycles. The average molecular weight is 281 g/mol. The Kier molecular flexibility index (Phi) is 2.53. The molecule has 0 saturated heterocycles. The van der Waals surface area contributed by atoms with Crippen molar-refractivity contribution < 1.29 is 4.74 Å². The summed E-state index contributed by atoms with van der Waals surface area (Å²) >= 11 is 1.61. The largest absolute Gasteiger partial charge is 0.488 e. The first-order valence-electron chi connectivity index (χ1n) is 6.32. The second-order valence-electron chi connectivity index (χ2n) is 4.60. The van der Waals surface area contributed by atoms with E-state index in [1.54, 1.807) is 11.3 Å². The average Bonchev–Trinajstić information content (AvgIpc) is 2.93. The molecule has 5 heteroatoms. The number of ether oxygens (including phenoxy) is 1. The Morgan fingerprint density at radius 3 is 2.95 bits per heavy atom. The van der Waals surface area contributed by atoms with Crippen molar-refractivity contribution in [3.63, 3.8) is 0 Å². The molecule has 0 radical (unpaired) electrons. The molecule has 0 unspecified atom stereocenters. The summed E-state index contributed by atoms with van der Waals surface area (Å²) in [7, 11) is 0. The smallest absolute Gasteiger partial charge is 0.179 e. The van der Waals surface area contributed by atoms with Gasteiger partial charge in [-0.1, -0.05) is 12.1 Å². The minimum Gasteiger partial charge on any atom is -0.488 e. The number of rotatable bonds is 1. The van der Waals surface area contributed by atoms with E-state index in [0.29, 0.717) is 12.4 Å². The van der Waals surface area contributed by atoms with Gasteiger partial charge in [-0.15, -0.1) is 11.3 Å². The molecule has 0 atom stereocenters. The Hall–Kier alpha value is -2.27. The van der Waals surface area contributed by atoms with Gasteiger partial charge in [0.1, 0.15) is 18.1 Å². The van der Waals surface area contributed by atoms with E-state index in [0.717, 1.165) is 33.3 Å². The van der Waals surface area contributed by atoms with Crippen LogP contribution in [0.4, 0.5) is 0 Å². The van der Waals surface area contributed by atoms with E-state index in [1.165, 1.54) is 0 Å². The number of hydrogen-bond donors (Lipinski definition) is 0. The highest BCUT2D eigenvalue weighted by atomic mass is 32.1. The van der Waals surface area contributed by atoms with E-state index >= 15 is 0 Å². The van der Waals surface area contributed by atoms with Crippen LogP contribution in [0.5, 0.6) is 5.75 Å².